The molecule has 0 aliphatic heterocycles. The van der Waals surface area contributed by atoms with Gasteiger partial charge in [0.2, 0.25) is 0 Å². The van der Waals surface area contributed by atoms with E-state index in [2.05, 4.69) is 33.0 Å². The van der Waals surface area contributed by atoms with Crippen molar-refractivity contribution in [1.82, 2.24) is 9.38 Å². The van der Waals surface area contributed by atoms with Gasteiger partial charge >= 0.3 is 0 Å². The molecule has 1 N–H and O–H groups in total. The van der Waals surface area contributed by atoms with E-state index in [0.717, 1.165) is 22.2 Å². The molecule has 0 fully saturated rings. The van der Waals surface area contributed by atoms with Crippen LogP contribution in [-0.2, 0) is 6.42 Å². The molecule has 2 heterocycles. The summed E-state index contributed by atoms with van der Waals surface area (Å²) in [7, 11) is 0. The third-order valence-electron chi connectivity index (χ3n) is 2.85. The molecule has 0 aliphatic carbocycles. The molecular weight excluding hydrogens is 292 g/mol. The summed E-state index contributed by atoms with van der Waals surface area (Å²) in [6.07, 6.45) is 2.64. The highest BCUT2D eigenvalue weighted by molar-refractivity contribution is 9.10. The highest BCUT2D eigenvalue weighted by atomic mass is 79.9. The van der Waals surface area contributed by atoms with E-state index in [1.54, 1.807) is 16.5 Å². The fourth-order valence-electron chi connectivity index (χ4n) is 2.05. The summed E-state index contributed by atoms with van der Waals surface area (Å²) in [5.41, 5.74) is 3.04. The van der Waals surface area contributed by atoms with E-state index in [4.69, 9.17) is 0 Å². The van der Waals surface area contributed by atoms with Gasteiger partial charge in [-0.25, -0.2) is 0 Å². The van der Waals surface area contributed by atoms with Gasteiger partial charge < -0.3 is 4.98 Å². The number of imidazole rings is 1. The Hall–Kier alpha value is -1.81. The predicted octanol–water partition coefficient (Wildman–Crippen LogP) is 2.98. The topological polar surface area (TPSA) is 37.3 Å². The van der Waals surface area contributed by atoms with Gasteiger partial charge in [-0.05, 0) is 23.8 Å². The van der Waals surface area contributed by atoms with E-state index >= 15 is 0 Å². The van der Waals surface area contributed by atoms with Crippen LogP contribution in [0.1, 0.15) is 11.3 Å². The molecule has 90 valence electrons. The summed E-state index contributed by atoms with van der Waals surface area (Å²) >= 11 is 3.46. The van der Waals surface area contributed by atoms with Gasteiger partial charge in [0.1, 0.15) is 5.65 Å². The number of aromatic amines is 1. The Balaban J connectivity index is 2.01. The molecule has 0 saturated heterocycles. The number of benzene rings is 1. The number of H-pyrrole nitrogens is 1. The first-order valence-corrected chi connectivity index (χ1v) is 6.45. The zero-order valence-electron chi connectivity index (χ0n) is 9.56. The van der Waals surface area contributed by atoms with Crippen LogP contribution < -0.4 is 5.56 Å². The maximum absolute atomic E-state index is 11.6. The lowest BCUT2D eigenvalue weighted by molar-refractivity contribution is 1.09. The Kier molecular flexibility index (Phi) is 2.80. The second-order valence-corrected chi connectivity index (χ2v) is 5.12. The van der Waals surface area contributed by atoms with Gasteiger partial charge in [-0.2, -0.15) is 0 Å². The molecule has 3 rings (SSSR count). The van der Waals surface area contributed by atoms with E-state index in [-0.39, 0.29) is 5.56 Å². The van der Waals surface area contributed by atoms with Crippen molar-refractivity contribution in [3.05, 3.63) is 74.7 Å². The summed E-state index contributed by atoms with van der Waals surface area (Å²) in [5.74, 6) is 0. The van der Waals surface area contributed by atoms with Crippen LogP contribution in [0.3, 0.4) is 0 Å². The molecule has 0 atom stereocenters. The molecular formula is C14H11BrN2O. The van der Waals surface area contributed by atoms with Crippen LogP contribution in [-0.4, -0.2) is 9.38 Å². The molecule has 0 saturated carbocycles. The molecule has 0 bridgehead atoms. The predicted molar refractivity (Wildman–Crippen MR) is 75.0 cm³/mol. The van der Waals surface area contributed by atoms with Crippen molar-refractivity contribution in [2.75, 3.05) is 0 Å². The third-order valence-corrected chi connectivity index (χ3v) is 3.34. The number of fused-ring (bicyclic) bond motifs is 1. The SMILES string of the molecule is O=c1cccc2[nH]c(Cc3cccc(Br)c3)cn12. The quantitative estimate of drug-likeness (QED) is 0.776. The number of hydrogen-bond acceptors (Lipinski definition) is 1. The fraction of sp³-hybridized carbons (Fsp3) is 0.0714. The molecule has 0 spiro atoms. The first-order chi connectivity index (χ1) is 8.72. The van der Waals surface area contributed by atoms with E-state index < -0.39 is 0 Å². The van der Waals surface area contributed by atoms with Crippen LogP contribution in [0, 0.1) is 0 Å². The minimum absolute atomic E-state index is 0.00996. The normalized spacial score (nSPS) is 10.9. The first-order valence-electron chi connectivity index (χ1n) is 5.66. The number of hydrogen-bond donors (Lipinski definition) is 1. The molecule has 18 heavy (non-hydrogen) atoms. The van der Waals surface area contributed by atoms with Crippen LogP contribution in [0.4, 0.5) is 0 Å². The van der Waals surface area contributed by atoms with Gasteiger partial charge in [-0.1, -0.05) is 34.1 Å². The monoisotopic (exact) mass is 302 g/mol. The van der Waals surface area contributed by atoms with Gasteiger partial charge in [0.25, 0.3) is 5.56 Å². The van der Waals surface area contributed by atoms with Gasteiger partial charge in [-0.3, -0.25) is 9.20 Å². The molecule has 3 nitrogen and oxygen atoms in total. The Morgan fingerprint density at radius 1 is 1.17 bits per heavy atom. The maximum Gasteiger partial charge on any atom is 0.256 e. The van der Waals surface area contributed by atoms with Crippen molar-refractivity contribution >= 4 is 21.6 Å². The Morgan fingerprint density at radius 3 is 2.78 bits per heavy atom. The molecule has 0 unspecified atom stereocenters. The van der Waals surface area contributed by atoms with Crippen molar-refractivity contribution < 1.29 is 0 Å². The molecule has 3 aromatic rings. The Morgan fingerprint density at radius 2 is 2.00 bits per heavy atom. The minimum atomic E-state index is -0.00996. The Labute approximate surface area is 112 Å². The number of pyridine rings is 1. The molecule has 0 aliphatic rings. The van der Waals surface area contributed by atoms with Gasteiger partial charge in [-0.15, -0.1) is 0 Å². The first kappa shape index (κ1) is 11.3. The fourth-order valence-corrected chi connectivity index (χ4v) is 2.49. The lowest BCUT2D eigenvalue weighted by Gasteiger charge is -1.98. The number of rotatable bonds is 2. The Bertz CT molecular complexity index is 758. The number of nitrogens with zero attached hydrogens (tertiary/aromatic N) is 1. The van der Waals surface area contributed by atoms with Crippen LogP contribution in [0.25, 0.3) is 5.65 Å². The van der Waals surface area contributed by atoms with Crippen LogP contribution in [0.5, 0.6) is 0 Å². The van der Waals surface area contributed by atoms with E-state index in [0.29, 0.717) is 0 Å². The van der Waals surface area contributed by atoms with Crippen molar-refractivity contribution in [2.45, 2.75) is 6.42 Å². The van der Waals surface area contributed by atoms with Crippen molar-refractivity contribution in [1.29, 1.82) is 0 Å². The molecule has 0 radical (unpaired) electrons. The summed E-state index contributed by atoms with van der Waals surface area (Å²) in [5, 5.41) is 0. The molecule has 2 aromatic heterocycles. The zero-order chi connectivity index (χ0) is 12.5. The van der Waals surface area contributed by atoms with Crippen molar-refractivity contribution in [3.63, 3.8) is 0 Å². The lowest BCUT2D eigenvalue weighted by atomic mass is 10.1. The van der Waals surface area contributed by atoms with E-state index in [1.807, 2.05) is 24.4 Å². The van der Waals surface area contributed by atoms with E-state index in [1.165, 1.54) is 5.56 Å². The smallest absolute Gasteiger partial charge is 0.256 e. The third kappa shape index (κ3) is 2.11. The standard InChI is InChI=1S/C14H11BrN2O/c15-11-4-1-3-10(7-11)8-12-9-17-13(16-12)5-2-6-14(17)18/h1-7,9,16H,8H2. The molecule has 0 amide bonds. The van der Waals surface area contributed by atoms with Crippen LogP contribution in [0.2, 0.25) is 0 Å². The lowest BCUT2D eigenvalue weighted by Crippen LogP contribution is -2.08. The highest BCUT2D eigenvalue weighted by Gasteiger charge is 2.03. The molecule has 4 heteroatoms. The van der Waals surface area contributed by atoms with Crippen LogP contribution >= 0.6 is 15.9 Å². The zero-order valence-corrected chi connectivity index (χ0v) is 11.1. The average Bonchev–Trinajstić information content (AvgIpc) is 2.73. The summed E-state index contributed by atoms with van der Waals surface area (Å²) in [4.78, 5) is 14.9. The van der Waals surface area contributed by atoms with Gasteiger partial charge in [0.15, 0.2) is 0 Å². The molecule has 1 aromatic carbocycles. The number of aromatic nitrogens is 2. The highest BCUT2D eigenvalue weighted by Crippen LogP contribution is 2.15. The van der Waals surface area contributed by atoms with Gasteiger partial charge in [0, 0.05) is 28.9 Å². The van der Waals surface area contributed by atoms with Gasteiger partial charge in [0.05, 0.1) is 0 Å². The van der Waals surface area contributed by atoms with Crippen molar-refractivity contribution in [2.24, 2.45) is 0 Å². The van der Waals surface area contributed by atoms with Crippen LogP contribution in [0.15, 0.2) is 57.9 Å². The average molecular weight is 303 g/mol. The number of nitrogens with one attached hydrogen (secondary N) is 1. The number of halogens is 1. The minimum Gasteiger partial charge on any atom is -0.343 e. The summed E-state index contributed by atoms with van der Waals surface area (Å²) in [6.45, 7) is 0. The maximum atomic E-state index is 11.6. The largest absolute Gasteiger partial charge is 0.343 e. The second-order valence-electron chi connectivity index (χ2n) is 4.21. The second kappa shape index (κ2) is 4.46. The van der Waals surface area contributed by atoms with Crippen molar-refractivity contribution in [3.8, 4) is 0 Å². The van der Waals surface area contributed by atoms with E-state index in [9.17, 15) is 4.79 Å². The summed E-state index contributed by atoms with van der Waals surface area (Å²) < 4.78 is 2.70. The summed E-state index contributed by atoms with van der Waals surface area (Å²) in [6, 6.07) is 13.4.